The SMILES string of the molecule is CCCOc1ccc(C2c3c(oc4ccccc4c3=O)C(=O)N2C2CCS(=O)(=O)C2)cc1OCC. The van der Waals surface area contributed by atoms with Crippen molar-refractivity contribution in [1.82, 2.24) is 4.90 Å². The second kappa shape index (κ2) is 9.03. The van der Waals surface area contributed by atoms with E-state index in [2.05, 4.69) is 0 Å². The van der Waals surface area contributed by atoms with Crippen LogP contribution in [0.4, 0.5) is 0 Å². The largest absolute Gasteiger partial charge is 0.490 e. The van der Waals surface area contributed by atoms with Gasteiger partial charge in [0.15, 0.2) is 26.8 Å². The molecule has 1 amide bonds. The van der Waals surface area contributed by atoms with Gasteiger partial charge in [0.1, 0.15) is 5.58 Å². The molecule has 0 aliphatic carbocycles. The molecule has 2 aliphatic rings. The smallest absolute Gasteiger partial charge is 0.291 e. The van der Waals surface area contributed by atoms with Gasteiger partial charge in [0.05, 0.1) is 41.7 Å². The maximum Gasteiger partial charge on any atom is 0.291 e. The van der Waals surface area contributed by atoms with Gasteiger partial charge >= 0.3 is 0 Å². The highest BCUT2D eigenvalue weighted by atomic mass is 32.2. The molecule has 0 spiro atoms. The van der Waals surface area contributed by atoms with Gasteiger partial charge in [-0.05, 0) is 49.6 Å². The van der Waals surface area contributed by atoms with Gasteiger partial charge in [-0.1, -0.05) is 25.1 Å². The molecule has 1 aromatic heterocycles. The highest BCUT2D eigenvalue weighted by molar-refractivity contribution is 7.91. The number of hydrogen-bond donors (Lipinski definition) is 0. The van der Waals surface area contributed by atoms with Gasteiger partial charge in [0.25, 0.3) is 5.91 Å². The molecule has 35 heavy (non-hydrogen) atoms. The first kappa shape index (κ1) is 23.4. The first-order valence-corrected chi connectivity index (χ1v) is 13.6. The fraction of sp³-hybridized carbons (Fsp3) is 0.385. The number of rotatable bonds is 7. The summed E-state index contributed by atoms with van der Waals surface area (Å²) in [7, 11) is -3.28. The van der Waals surface area contributed by atoms with E-state index in [9.17, 15) is 18.0 Å². The lowest BCUT2D eigenvalue weighted by atomic mass is 9.97. The Bertz CT molecular complexity index is 1460. The van der Waals surface area contributed by atoms with Crippen molar-refractivity contribution in [2.45, 2.75) is 38.8 Å². The number of ether oxygens (including phenoxy) is 2. The Hall–Kier alpha value is -3.33. The van der Waals surface area contributed by atoms with Crippen molar-refractivity contribution in [2.24, 2.45) is 0 Å². The number of amides is 1. The van der Waals surface area contributed by atoms with Crippen LogP contribution < -0.4 is 14.9 Å². The summed E-state index contributed by atoms with van der Waals surface area (Å²) in [6.07, 6.45) is 1.14. The first-order chi connectivity index (χ1) is 16.8. The fourth-order valence-corrected chi connectivity index (χ4v) is 6.64. The number of fused-ring (bicyclic) bond motifs is 2. The number of carbonyl (C=O) groups is 1. The average molecular weight is 498 g/mol. The highest BCUT2D eigenvalue weighted by Crippen LogP contribution is 2.43. The quantitative estimate of drug-likeness (QED) is 0.490. The minimum Gasteiger partial charge on any atom is -0.490 e. The summed E-state index contributed by atoms with van der Waals surface area (Å²) in [5.74, 6) is 0.423. The second-order valence-corrected chi connectivity index (χ2v) is 11.1. The standard InChI is InChI=1S/C26H27NO7S/c1-3-12-33-20-10-9-16(14-21(20)32-4-2)23-22-24(28)18-7-5-6-8-19(18)34-25(22)26(29)27(23)17-11-13-35(30,31)15-17/h5-10,14,17,23H,3-4,11-13,15H2,1-2H3. The van der Waals surface area contributed by atoms with E-state index in [-0.39, 0.29) is 28.3 Å². The molecule has 2 unspecified atom stereocenters. The number of hydrogen-bond acceptors (Lipinski definition) is 7. The molecule has 2 aliphatic heterocycles. The Balaban J connectivity index is 1.70. The molecule has 1 fully saturated rings. The van der Waals surface area contributed by atoms with Crippen molar-refractivity contribution in [3.8, 4) is 11.5 Å². The lowest BCUT2D eigenvalue weighted by Crippen LogP contribution is -2.40. The first-order valence-electron chi connectivity index (χ1n) is 11.8. The summed E-state index contributed by atoms with van der Waals surface area (Å²) in [5.41, 5.74) is 0.884. The topological polar surface area (TPSA) is 103 Å². The Morgan fingerprint density at radius 3 is 2.57 bits per heavy atom. The maximum absolute atomic E-state index is 13.6. The zero-order chi connectivity index (χ0) is 24.7. The van der Waals surface area contributed by atoms with Crippen LogP contribution in [0.1, 0.15) is 54.4 Å². The third kappa shape index (κ3) is 4.07. The number of benzene rings is 2. The third-order valence-electron chi connectivity index (χ3n) is 6.46. The van der Waals surface area contributed by atoms with Gasteiger partial charge in [-0.15, -0.1) is 0 Å². The Labute approximate surface area is 203 Å². The molecule has 0 bridgehead atoms. The number of carbonyl (C=O) groups excluding carboxylic acids is 1. The zero-order valence-corrected chi connectivity index (χ0v) is 20.5. The average Bonchev–Trinajstić information content (AvgIpc) is 3.35. The molecule has 3 aromatic rings. The monoisotopic (exact) mass is 497 g/mol. The summed E-state index contributed by atoms with van der Waals surface area (Å²) in [5, 5.41) is 0.373. The van der Waals surface area contributed by atoms with E-state index in [0.29, 0.717) is 47.7 Å². The van der Waals surface area contributed by atoms with Crippen LogP contribution in [0.25, 0.3) is 11.0 Å². The van der Waals surface area contributed by atoms with Crippen molar-refractivity contribution >= 4 is 26.7 Å². The lowest BCUT2D eigenvalue weighted by Gasteiger charge is -2.30. The molecule has 0 saturated carbocycles. The number of para-hydroxylation sites is 1. The normalized spacial score (nSPS) is 20.9. The summed E-state index contributed by atoms with van der Waals surface area (Å²) >= 11 is 0. The second-order valence-electron chi connectivity index (χ2n) is 8.83. The van der Waals surface area contributed by atoms with Gasteiger partial charge in [0.2, 0.25) is 5.76 Å². The molecule has 2 aromatic carbocycles. The molecule has 1 saturated heterocycles. The van der Waals surface area contributed by atoms with Crippen molar-refractivity contribution in [3.05, 3.63) is 69.6 Å². The molecule has 2 atom stereocenters. The fourth-order valence-electron chi connectivity index (χ4n) is 4.93. The van der Waals surface area contributed by atoms with Gasteiger partial charge in [-0.2, -0.15) is 0 Å². The van der Waals surface area contributed by atoms with Crippen LogP contribution in [0.3, 0.4) is 0 Å². The molecule has 9 heteroatoms. The maximum atomic E-state index is 13.6. The van der Waals surface area contributed by atoms with Crippen LogP contribution in [0.5, 0.6) is 11.5 Å². The molecular formula is C26H27NO7S. The minimum absolute atomic E-state index is 0.00184. The lowest BCUT2D eigenvalue weighted by molar-refractivity contribution is 0.0662. The van der Waals surface area contributed by atoms with Crippen LogP contribution in [-0.4, -0.2) is 50.0 Å². The molecule has 0 radical (unpaired) electrons. The van der Waals surface area contributed by atoms with E-state index < -0.39 is 27.8 Å². The third-order valence-corrected chi connectivity index (χ3v) is 8.21. The predicted molar refractivity (Wildman–Crippen MR) is 131 cm³/mol. The van der Waals surface area contributed by atoms with Crippen LogP contribution in [0.2, 0.25) is 0 Å². The summed E-state index contributed by atoms with van der Waals surface area (Å²) in [4.78, 5) is 28.8. The van der Waals surface area contributed by atoms with Gasteiger partial charge in [0, 0.05) is 6.04 Å². The summed E-state index contributed by atoms with van der Waals surface area (Å²) in [6, 6.07) is 10.8. The van der Waals surface area contributed by atoms with Gasteiger partial charge in [-0.25, -0.2) is 8.42 Å². The van der Waals surface area contributed by atoms with Crippen LogP contribution in [0, 0.1) is 0 Å². The van der Waals surface area contributed by atoms with Gasteiger partial charge in [-0.3, -0.25) is 9.59 Å². The number of sulfone groups is 1. The van der Waals surface area contributed by atoms with E-state index in [1.807, 2.05) is 13.8 Å². The van der Waals surface area contributed by atoms with Crippen molar-refractivity contribution in [2.75, 3.05) is 24.7 Å². The Morgan fingerprint density at radius 1 is 1.06 bits per heavy atom. The highest BCUT2D eigenvalue weighted by Gasteiger charge is 2.48. The summed E-state index contributed by atoms with van der Waals surface area (Å²) in [6.45, 7) is 4.79. The molecule has 184 valence electrons. The van der Waals surface area contributed by atoms with Crippen LogP contribution >= 0.6 is 0 Å². The molecule has 8 nitrogen and oxygen atoms in total. The molecule has 0 N–H and O–H groups in total. The van der Waals surface area contributed by atoms with E-state index >= 15 is 0 Å². The Kier molecular flexibility index (Phi) is 6.04. The van der Waals surface area contributed by atoms with E-state index in [1.54, 1.807) is 42.5 Å². The van der Waals surface area contributed by atoms with E-state index in [4.69, 9.17) is 13.9 Å². The molecule has 3 heterocycles. The summed E-state index contributed by atoms with van der Waals surface area (Å²) < 4.78 is 42.2. The van der Waals surface area contributed by atoms with E-state index in [0.717, 1.165) is 6.42 Å². The van der Waals surface area contributed by atoms with Crippen LogP contribution in [0.15, 0.2) is 51.7 Å². The van der Waals surface area contributed by atoms with Crippen molar-refractivity contribution in [1.29, 1.82) is 0 Å². The van der Waals surface area contributed by atoms with Crippen molar-refractivity contribution in [3.63, 3.8) is 0 Å². The molecular weight excluding hydrogens is 470 g/mol. The number of nitrogens with zero attached hydrogens (tertiary/aromatic N) is 1. The molecule has 5 rings (SSSR count). The zero-order valence-electron chi connectivity index (χ0n) is 19.7. The predicted octanol–water partition coefficient (Wildman–Crippen LogP) is 3.71. The van der Waals surface area contributed by atoms with Crippen LogP contribution in [-0.2, 0) is 9.84 Å². The minimum atomic E-state index is -3.28. The Morgan fingerprint density at radius 2 is 1.86 bits per heavy atom. The van der Waals surface area contributed by atoms with E-state index in [1.165, 1.54) is 4.90 Å². The van der Waals surface area contributed by atoms with Crippen molar-refractivity contribution < 1.29 is 27.1 Å². The van der Waals surface area contributed by atoms with Gasteiger partial charge < -0.3 is 18.8 Å².